The van der Waals surface area contributed by atoms with Crippen LogP contribution >= 0.6 is 0 Å². The zero-order valence-corrected chi connectivity index (χ0v) is 13.8. The van der Waals surface area contributed by atoms with Gasteiger partial charge in [-0.25, -0.2) is 4.98 Å². The molecule has 0 aliphatic carbocycles. The first-order valence-corrected chi connectivity index (χ1v) is 8.71. The Labute approximate surface area is 129 Å². The number of rotatable bonds is 6. The van der Waals surface area contributed by atoms with Crippen molar-refractivity contribution in [3.05, 3.63) is 23.4 Å². The molecule has 1 fully saturated rings. The lowest BCUT2D eigenvalue weighted by Crippen LogP contribution is -2.26. The maximum Gasteiger partial charge on any atom is 0.129 e. The minimum absolute atomic E-state index is 0.610. The fourth-order valence-electron chi connectivity index (χ4n) is 3.39. The summed E-state index contributed by atoms with van der Waals surface area (Å²) in [6.07, 6.45) is 8.86. The number of anilines is 1. The summed E-state index contributed by atoms with van der Waals surface area (Å²) in [4.78, 5) is 7.36. The van der Waals surface area contributed by atoms with Crippen LogP contribution in [0.1, 0.15) is 63.6 Å². The summed E-state index contributed by atoms with van der Waals surface area (Å²) >= 11 is 0. The van der Waals surface area contributed by atoms with E-state index in [1.54, 1.807) is 0 Å². The third-order valence-electron chi connectivity index (χ3n) is 4.54. The van der Waals surface area contributed by atoms with Gasteiger partial charge in [-0.3, -0.25) is 0 Å². The quantitative estimate of drug-likeness (QED) is 0.863. The Kier molecular flexibility index (Phi) is 6.50. The van der Waals surface area contributed by atoms with E-state index >= 15 is 0 Å². The van der Waals surface area contributed by atoms with E-state index < -0.39 is 0 Å². The summed E-state index contributed by atoms with van der Waals surface area (Å²) in [7, 11) is 0. The lowest BCUT2D eigenvalue weighted by atomic mass is 9.96. The molecule has 2 rings (SSSR count). The molecule has 1 aromatic heterocycles. The number of aromatic nitrogens is 1. The third-order valence-corrected chi connectivity index (χ3v) is 4.54. The van der Waals surface area contributed by atoms with Crippen LogP contribution < -0.4 is 10.6 Å². The van der Waals surface area contributed by atoms with Crippen LogP contribution in [0.25, 0.3) is 0 Å². The van der Waals surface area contributed by atoms with Gasteiger partial charge in [0.2, 0.25) is 0 Å². The van der Waals surface area contributed by atoms with Crippen molar-refractivity contribution in [2.75, 3.05) is 18.0 Å². The van der Waals surface area contributed by atoms with Gasteiger partial charge in [-0.2, -0.15) is 0 Å². The van der Waals surface area contributed by atoms with Crippen LogP contribution in [0.3, 0.4) is 0 Å². The van der Waals surface area contributed by atoms with E-state index in [9.17, 15) is 0 Å². The zero-order valence-electron chi connectivity index (χ0n) is 13.8. The summed E-state index contributed by atoms with van der Waals surface area (Å²) in [6, 6.07) is 4.37. The molecule has 21 heavy (non-hydrogen) atoms. The first kappa shape index (κ1) is 16.3. The van der Waals surface area contributed by atoms with Gasteiger partial charge < -0.3 is 10.6 Å². The summed E-state index contributed by atoms with van der Waals surface area (Å²) in [6.45, 7) is 7.41. The molecule has 0 spiro atoms. The van der Waals surface area contributed by atoms with Crippen LogP contribution in [0.5, 0.6) is 0 Å². The minimum Gasteiger partial charge on any atom is -0.357 e. The fraction of sp³-hybridized carbons (Fsp3) is 0.722. The maximum atomic E-state index is 5.86. The molecule has 1 unspecified atom stereocenters. The van der Waals surface area contributed by atoms with Gasteiger partial charge in [0, 0.05) is 25.3 Å². The highest BCUT2D eigenvalue weighted by Gasteiger charge is 2.18. The van der Waals surface area contributed by atoms with E-state index in [-0.39, 0.29) is 0 Å². The predicted molar refractivity (Wildman–Crippen MR) is 90.6 cm³/mol. The van der Waals surface area contributed by atoms with Crippen molar-refractivity contribution < 1.29 is 0 Å². The van der Waals surface area contributed by atoms with Crippen LogP contribution in [0, 0.1) is 5.92 Å². The molecule has 1 atom stereocenters. The van der Waals surface area contributed by atoms with Crippen LogP contribution in [-0.2, 0) is 13.0 Å². The zero-order chi connectivity index (χ0) is 15.1. The molecule has 0 bridgehead atoms. The van der Waals surface area contributed by atoms with Gasteiger partial charge in [-0.1, -0.05) is 33.1 Å². The minimum atomic E-state index is 0.610. The van der Waals surface area contributed by atoms with E-state index in [0.717, 1.165) is 37.7 Å². The normalized spacial score (nSPS) is 19.6. The van der Waals surface area contributed by atoms with E-state index in [1.165, 1.54) is 43.4 Å². The standard InChI is InChI=1S/C18H31N3/c1-3-6-15-8-5-10-21(11-9-15)18-13-16(14-19)12-17(20-18)7-4-2/h12-13,15H,3-11,14,19H2,1-2H3. The Morgan fingerprint density at radius 3 is 2.76 bits per heavy atom. The average Bonchev–Trinajstić information content (AvgIpc) is 2.73. The molecular weight excluding hydrogens is 258 g/mol. The SMILES string of the molecule is CCCc1cc(CN)cc(N2CCCC(CCC)CC2)n1. The number of aryl methyl sites for hydroxylation is 1. The molecule has 1 aromatic rings. The molecule has 0 aromatic carbocycles. The molecule has 0 radical (unpaired) electrons. The lowest BCUT2D eigenvalue weighted by molar-refractivity contribution is 0.435. The molecular formula is C18H31N3. The smallest absolute Gasteiger partial charge is 0.129 e. The van der Waals surface area contributed by atoms with Gasteiger partial charge in [-0.05, 0) is 49.3 Å². The van der Waals surface area contributed by atoms with Crippen LogP contribution in [0.4, 0.5) is 5.82 Å². The number of hydrogen-bond acceptors (Lipinski definition) is 3. The van der Waals surface area contributed by atoms with Crippen LogP contribution in [0.15, 0.2) is 12.1 Å². The summed E-state index contributed by atoms with van der Waals surface area (Å²) in [5.41, 5.74) is 8.28. The molecule has 3 nitrogen and oxygen atoms in total. The highest BCUT2D eigenvalue weighted by molar-refractivity contribution is 5.43. The Morgan fingerprint density at radius 1 is 1.19 bits per heavy atom. The Bertz CT molecular complexity index is 430. The van der Waals surface area contributed by atoms with Crippen LogP contribution in [-0.4, -0.2) is 18.1 Å². The van der Waals surface area contributed by atoms with Gasteiger partial charge in [-0.15, -0.1) is 0 Å². The lowest BCUT2D eigenvalue weighted by Gasteiger charge is -2.23. The molecule has 0 saturated carbocycles. The number of nitrogens with two attached hydrogens (primary N) is 1. The predicted octanol–water partition coefficient (Wildman–Crippen LogP) is 3.90. The van der Waals surface area contributed by atoms with Crippen molar-refractivity contribution in [2.24, 2.45) is 11.7 Å². The first-order chi connectivity index (χ1) is 10.3. The Morgan fingerprint density at radius 2 is 2.05 bits per heavy atom. The molecule has 0 amide bonds. The van der Waals surface area contributed by atoms with Gasteiger partial charge in [0.15, 0.2) is 0 Å². The van der Waals surface area contributed by atoms with Crippen molar-refractivity contribution in [3.8, 4) is 0 Å². The third kappa shape index (κ3) is 4.70. The number of nitrogens with zero attached hydrogens (tertiary/aromatic N) is 2. The molecule has 3 heteroatoms. The van der Waals surface area contributed by atoms with Gasteiger partial charge >= 0.3 is 0 Å². The second kappa shape index (κ2) is 8.38. The van der Waals surface area contributed by atoms with Gasteiger partial charge in [0.25, 0.3) is 0 Å². The Hall–Kier alpha value is -1.09. The maximum absolute atomic E-state index is 5.86. The van der Waals surface area contributed by atoms with E-state index in [0.29, 0.717) is 6.54 Å². The summed E-state index contributed by atoms with van der Waals surface area (Å²) in [5, 5.41) is 0. The second-order valence-corrected chi connectivity index (χ2v) is 6.35. The topological polar surface area (TPSA) is 42.1 Å². The van der Waals surface area contributed by atoms with E-state index in [4.69, 9.17) is 10.7 Å². The highest BCUT2D eigenvalue weighted by atomic mass is 15.2. The average molecular weight is 289 g/mol. The number of hydrogen-bond donors (Lipinski definition) is 1. The molecule has 118 valence electrons. The van der Waals surface area contributed by atoms with Crippen LogP contribution in [0.2, 0.25) is 0 Å². The van der Waals surface area contributed by atoms with Gasteiger partial charge in [0.1, 0.15) is 5.82 Å². The monoisotopic (exact) mass is 289 g/mol. The molecule has 2 heterocycles. The van der Waals surface area contributed by atoms with Gasteiger partial charge in [0.05, 0.1) is 0 Å². The molecule has 1 aliphatic rings. The molecule has 1 saturated heterocycles. The second-order valence-electron chi connectivity index (χ2n) is 6.35. The van der Waals surface area contributed by atoms with Crippen molar-refractivity contribution in [2.45, 2.75) is 65.3 Å². The van der Waals surface area contributed by atoms with E-state index in [2.05, 4.69) is 30.9 Å². The summed E-state index contributed by atoms with van der Waals surface area (Å²) in [5.74, 6) is 2.06. The molecule has 2 N–H and O–H groups in total. The van der Waals surface area contributed by atoms with Crippen molar-refractivity contribution in [3.63, 3.8) is 0 Å². The van der Waals surface area contributed by atoms with Crippen molar-refractivity contribution >= 4 is 5.82 Å². The Balaban J connectivity index is 2.11. The van der Waals surface area contributed by atoms with E-state index in [1.807, 2.05) is 0 Å². The van der Waals surface area contributed by atoms with Crippen molar-refractivity contribution in [1.82, 2.24) is 4.98 Å². The first-order valence-electron chi connectivity index (χ1n) is 8.71. The highest BCUT2D eigenvalue weighted by Crippen LogP contribution is 2.25. The fourth-order valence-corrected chi connectivity index (χ4v) is 3.39. The summed E-state index contributed by atoms with van der Waals surface area (Å²) < 4.78 is 0. The van der Waals surface area contributed by atoms with Crippen molar-refractivity contribution in [1.29, 1.82) is 0 Å². The number of pyridine rings is 1. The molecule has 1 aliphatic heterocycles. The largest absolute Gasteiger partial charge is 0.357 e.